The summed E-state index contributed by atoms with van der Waals surface area (Å²) in [5.41, 5.74) is 1.76. The molecule has 1 rings (SSSR count). The van der Waals surface area contributed by atoms with E-state index < -0.39 is 0 Å². The molecule has 30 valence electrons. The highest BCUT2D eigenvalue weighted by Crippen LogP contribution is 2.05. The van der Waals surface area contributed by atoms with Crippen molar-refractivity contribution in [2.45, 2.75) is 0 Å². The van der Waals surface area contributed by atoms with Gasteiger partial charge in [0.05, 0.1) is 5.55 Å². The van der Waals surface area contributed by atoms with Gasteiger partial charge in [0.1, 0.15) is 6.54 Å². The van der Waals surface area contributed by atoms with E-state index in [1.54, 1.807) is 17.3 Å². The van der Waals surface area contributed by atoms with Gasteiger partial charge in [0.25, 0.3) is 0 Å². The molecule has 1 nitrogen and oxygen atoms in total. The van der Waals surface area contributed by atoms with Crippen LogP contribution in [0, 0.1) is 13.0 Å². The van der Waals surface area contributed by atoms with Gasteiger partial charge in [0.15, 0.2) is 0 Å². The van der Waals surface area contributed by atoms with E-state index in [2.05, 4.69) is 18.0 Å². The Kier molecular flexibility index (Phi) is 1.56. The highest BCUT2D eigenvalue weighted by atomic mass is 32.2. The van der Waals surface area contributed by atoms with Gasteiger partial charge in [-0.05, 0) is 0 Å². The maximum Gasteiger partial charge on any atom is 0.125 e. The fourth-order valence-corrected chi connectivity index (χ4v) is 0.570. The second-order valence-corrected chi connectivity index (χ2v) is 1.67. The van der Waals surface area contributed by atoms with Gasteiger partial charge in [-0.25, -0.2) is 0 Å². The van der Waals surface area contributed by atoms with E-state index in [4.69, 9.17) is 0 Å². The van der Waals surface area contributed by atoms with Crippen LogP contribution in [0.25, 0.3) is 0 Å². The summed E-state index contributed by atoms with van der Waals surface area (Å²) in [6.07, 6.45) is 2.80. The molecule has 4 radical (unpaired) electrons. The number of nitrogens with zero attached hydrogens (tertiary/aromatic N) is 1. The predicted octanol–water partition coefficient (Wildman–Crippen LogP) is 0.882. The minimum Gasteiger partial charge on any atom is -0.274 e. The quantitative estimate of drug-likeness (QED) is 0.437. The molecule has 0 aromatic heterocycles. The third-order valence-electron chi connectivity index (χ3n) is 0.426. The van der Waals surface area contributed by atoms with E-state index >= 15 is 0 Å². The van der Waals surface area contributed by atoms with Gasteiger partial charge in [-0.15, -0.1) is 11.8 Å². The second kappa shape index (κ2) is 2.24. The first-order valence-electron chi connectivity index (χ1n) is 1.61. The Bertz CT molecular complexity index is 52.6. The monoisotopic (exact) mass is 97.0 g/mol. The lowest BCUT2D eigenvalue weighted by molar-refractivity contribution is 1.31. The van der Waals surface area contributed by atoms with Crippen LogP contribution in [0.2, 0.25) is 0 Å². The van der Waals surface area contributed by atoms with Crippen LogP contribution in [0.4, 0.5) is 0 Å². The van der Waals surface area contributed by atoms with Gasteiger partial charge >= 0.3 is 0 Å². The average molecular weight is 97.1 g/mol. The second-order valence-electron chi connectivity index (χ2n) is 0.834. The van der Waals surface area contributed by atoms with Crippen LogP contribution in [0.5, 0.6) is 0 Å². The van der Waals surface area contributed by atoms with Crippen molar-refractivity contribution in [3.63, 3.8) is 0 Å². The summed E-state index contributed by atoms with van der Waals surface area (Å²) in [5.74, 6) is 0.906. The number of rotatable bonds is 0. The molecule has 1 aliphatic rings. The first-order valence-corrected chi connectivity index (χ1v) is 2.66. The molecule has 0 fully saturated rings. The van der Waals surface area contributed by atoms with E-state index in [0.29, 0.717) is 0 Å². The molecule has 0 aliphatic carbocycles. The molecule has 0 atom stereocenters. The number of hydrogen-bond donors (Lipinski definition) is 0. The summed E-state index contributed by atoms with van der Waals surface area (Å²) in [7, 11) is 0. The van der Waals surface area contributed by atoms with Gasteiger partial charge in [-0.1, -0.05) is 0 Å². The molecule has 6 heavy (non-hydrogen) atoms. The van der Waals surface area contributed by atoms with E-state index in [-0.39, 0.29) is 0 Å². The highest BCUT2D eigenvalue weighted by Gasteiger charge is 1.91. The largest absolute Gasteiger partial charge is 0.274 e. The summed E-state index contributed by atoms with van der Waals surface area (Å²) in [6.45, 7) is 2.58. The molecular weight excluding hydrogens is 94.1 g/mol. The fourth-order valence-electron chi connectivity index (χ4n) is 0.220. The van der Waals surface area contributed by atoms with E-state index in [1.807, 2.05) is 0 Å². The zero-order valence-corrected chi connectivity index (χ0v) is 3.96. The Balaban J connectivity index is 2.26. The molecular formula is C4H3NS. The maximum atomic E-state index is 3.65. The lowest BCUT2D eigenvalue weighted by Gasteiger charge is -1.94. The molecule has 1 aliphatic heterocycles. The van der Waals surface area contributed by atoms with Crippen LogP contribution < -0.4 is 0 Å². The molecule has 0 amide bonds. The van der Waals surface area contributed by atoms with Crippen LogP contribution in [0.15, 0.2) is 4.99 Å². The third-order valence-corrected chi connectivity index (χ3v) is 0.992. The Morgan fingerprint density at radius 2 is 2.83 bits per heavy atom. The Hall–Kier alpha value is 0.0200. The Morgan fingerprint density at radius 1 is 1.83 bits per heavy atom. The molecule has 0 spiro atoms. The summed E-state index contributed by atoms with van der Waals surface area (Å²) in [5, 5.41) is 0. The lowest BCUT2D eigenvalue weighted by Crippen LogP contribution is -1.85. The first kappa shape index (κ1) is 4.19. The van der Waals surface area contributed by atoms with Crippen LogP contribution >= 0.6 is 11.8 Å². The molecule has 0 N–H and O–H groups in total. The van der Waals surface area contributed by atoms with Gasteiger partial charge in [0.2, 0.25) is 0 Å². The summed E-state index contributed by atoms with van der Waals surface area (Å²) >= 11 is 1.63. The lowest BCUT2D eigenvalue weighted by atomic mass is 10.5. The van der Waals surface area contributed by atoms with Gasteiger partial charge < -0.3 is 0 Å². The van der Waals surface area contributed by atoms with Crippen molar-refractivity contribution in [2.24, 2.45) is 4.99 Å². The SMILES string of the molecule is [C]1[C]N=CSC1. The normalized spacial score (nSPS) is 21.3. The minimum absolute atomic E-state index is 0.906. The van der Waals surface area contributed by atoms with E-state index in [0.717, 1.165) is 5.75 Å². The summed E-state index contributed by atoms with van der Waals surface area (Å²) < 4.78 is 0. The third kappa shape index (κ3) is 1.01. The van der Waals surface area contributed by atoms with Crippen LogP contribution in [0.1, 0.15) is 0 Å². The van der Waals surface area contributed by atoms with Crippen molar-refractivity contribution in [1.82, 2.24) is 0 Å². The van der Waals surface area contributed by atoms with Crippen LogP contribution in [0.3, 0.4) is 0 Å². The molecule has 0 saturated carbocycles. The highest BCUT2D eigenvalue weighted by molar-refractivity contribution is 8.12. The number of hydrogen-bond acceptors (Lipinski definition) is 2. The number of aliphatic imine (C=N–C) groups is 1. The van der Waals surface area contributed by atoms with Crippen molar-refractivity contribution in [1.29, 1.82) is 0 Å². The van der Waals surface area contributed by atoms with Gasteiger partial charge in [-0.2, -0.15) is 0 Å². The molecule has 2 heteroatoms. The standard InChI is InChI=1S/C4H3NS/c1-2-5-4-6-3-1/h4H,3H2. The van der Waals surface area contributed by atoms with Crippen molar-refractivity contribution < 1.29 is 0 Å². The molecule has 0 bridgehead atoms. The topological polar surface area (TPSA) is 12.4 Å². The zero-order valence-electron chi connectivity index (χ0n) is 3.14. The smallest absolute Gasteiger partial charge is 0.125 e. The predicted molar refractivity (Wildman–Crippen MR) is 27.4 cm³/mol. The average Bonchev–Trinajstić information content (AvgIpc) is 1.72. The van der Waals surface area contributed by atoms with Crippen LogP contribution in [-0.4, -0.2) is 11.3 Å². The summed E-state index contributed by atoms with van der Waals surface area (Å²) in [6, 6.07) is 0. The molecule has 0 aromatic carbocycles. The van der Waals surface area contributed by atoms with Gasteiger partial charge in [-0.3, -0.25) is 4.99 Å². The maximum absolute atomic E-state index is 3.65. The fraction of sp³-hybridized carbons (Fsp3) is 0.250. The summed E-state index contributed by atoms with van der Waals surface area (Å²) in [4.78, 5) is 3.65. The van der Waals surface area contributed by atoms with E-state index in [1.165, 1.54) is 0 Å². The van der Waals surface area contributed by atoms with Crippen LogP contribution in [-0.2, 0) is 0 Å². The Labute approximate surface area is 41.8 Å². The van der Waals surface area contributed by atoms with Crippen molar-refractivity contribution >= 4 is 17.3 Å². The van der Waals surface area contributed by atoms with Crippen molar-refractivity contribution in [3.8, 4) is 0 Å². The van der Waals surface area contributed by atoms with E-state index in [9.17, 15) is 0 Å². The first-order chi connectivity index (χ1) is 3.00. The minimum atomic E-state index is 0.906. The molecule has 1 heterocycles. The van der Waals surface area contributed by atoms with Crippen molar-refractivity contribution in [2.75, 3.05) is 5.75 Å². The number of thioether (sulfide) groups is 1. The molecule has 0 unspecified atom stereocenters. The Morgan fingerprint density at radius 3 is 3.00 bits per heavy atom. The molecule has 0 saturated heterocycles. The van der Waals surface area contributed by atoms with Crippen molar-refractivity contribution in [3.05, 3.63) is 13.0 Å². The zero-order chi connectivity index (χ0) is 4.24. The molecule has 0 aromatic rings. The van der Waals surface area contributed by atoms with Gasteiger partial charge in [0, 0.05) is 12.2 Å².